The normalized spacial score (nSPS) is 19.8. The summed E-state index contributed by atoms with van der Waals surface area (Å²) >= 11 is 0. The lowest BCUT2D eigenvalue weighted by Gasteiger charge is -2.22. The Balaban J connectivity index is 1.94. The van der Waals surface area contributed by atoms with E-state index in [0.29, 0.717) is 6.61 Å². The van der Waals surface area contributed by atoms with Gasteiger partial charge < -0.3 is 4.74 Å². The van der Waals surface area contributed by atoms with Crippen molar-refractivity contribution in [1.82, 2.24) is 4.98 Å². The SMILES string of the molecule is Cc1cc(S(=O)(=O)CC2CCCCO2)nc2ccccc12. The van der Waals surface area contributed by atoms with Crippen molar-refractivity contribution in [3.63, 3.8) is 0 Å². The number of aryl methyl sites for hydroxylation is 1. The summed E-state index contributed by atoms with van der Waals surface area (Å²) in [6, 6.07) is 9.27. The molecule has 5 heteroatoms. The maximum absolute atomic E-state index is 12.6. The molecule has 1 fully saturated rings. The smallest absolute Gasteiger partial charge is 0.198 e. The fourth-order valence-electron chi connectivity index (χ4n) is 2.75. The summed E-state index contributed by atoms with van der Waals surface area (Å²) in [5.74, 6) is 0.0256. The van der Waals surface area contributed by atoms with Gasteiger partial charge in [-0.3, -0.25) is 0 Å². The van der Waals surface area contributed by atoms with Gasteiger partial charge in [0.05, 0.1) is 17.4 Å². The number of ether oxygens (including phenoxy) is 1. The Morgan fingerprint density at radius 3 is 2.86 bits per heavy atom. The Hall–Kier alpha value is -1.46. The first kappa shape index (κ1) is 14.5. The van der Waals surface area contributed by atoms with E-state index >= 15 is 0 Å². The molecule has 21 heavy (non-hydrogen) atoms. The molecule has 1 aliphatic rings. The second kappa shape index (κ2) is 5.73. The predicted octanol–water partition coefficient (Wildman–Crippen LogP) is 2.89. The Labute approximate surface area is 125 Å². The molecule has 0 saturated carbocycles. The molecule has 1 aromatic heterocycles. The van der Waals surface area contributed by atoms with Crippen molar-refractivity contribution in [2.24, 2.45) is 0 Å². The molecule has 112 valence electrons. The highest BCUT2D eigenvalue weighted by atomic mass is 32.2. The standard InChI is InChI=1S/C16H19NO3S/c1-12-10-16(17-15-8-3-2-7-14(12)15)21(18,19)11-13-6-4-5-9-20-13/h2-3,7-8,10,13H,4-6,9,11H2,1H3. The van der Waals surface area contributed by atoms with Crippen molar-refractivity contribution >= 4 is 20.7 Å². The van der Waals surface area contributed by atoms with Gasteiger partial charge in [-0.15, -0.1) is 0 Å². The number of benzene rings is 1. The number of fused-ring (bicyclic) bond motifs is 1. The van der Waals surface area contributed by atoms with Crippen LogP contribution in [0.4, 0.5) is 0 Å². The van der Waals surface area contributed by atoms with Crippen LogP contribution in [0.3, 0.4) is 0 Å². The average Bonchev–Trinajstić information content (AvgIpc) is 2.48. The molecule has 1 aromatic carbocycles. The van der Waals surface area contributed by atoms with Crippen molar-refractivity contribution in [3.05, 3.63) is 35.9 Å². The Bertz CT molecular complexity index is 749. The molecule has 1 unspecified atom stereocenters. The van der Waals surface area contributed by atoms with Crippen LogP contribution in [0.1, 0.15) is 24.8 Å². The maximum atomic E-state index is 12.6. The molecular weight excluding hydrogens is 286 g/mol. The number of nitrogens with zero attached hydrogens (tertiary/aromatic N) is 1. The summed E-state index contributed by atoms with van der Waals surface area (Å²) < 4.78 is 30.7. The van der Waals surface area contributed by atoms with E-state index in [1.54, 1.807) is 6.07 Å². The molecule has 0 amide bonds. The molecule has 1 aliphatic heterocycles. The van der Waals surface area contributed by atoms with Gasteiger partial charge in [0.15, 0.2) is 14.9 Å². The van der Waals surface area contributed by atoms with E-state index in [4.69, 9.17) is 4.74 Å². The molecule has 2 heterocycles. The molecule has 0 bridgehead atoms. The van der Waals surface area contributed by atoms with Gasteiger partial charge in [-0.2, -0.15) is 0 Å². The van der Waals surface area contributed by atoms with E-state index in [1.807, 2.05) is 31.2 Å². The van der Waals surface area contributed by atoms with Crippen LogP contribution in [0.2, 0.25) is 0 Å². The molecule has 3 rings (SSSR count). The molecule has 0 N–H and O–H groups in total. The van der Waals surface area contributed by atoms with Crippen LogP contribution >= 0.6 is 0 Å². The lowest BCUT2D eigenvalue weighted by molar-refractivity contribution is 0.0305. The minimum atomic E-state index is -3.41. The van der Waals surface area contributed by atoms with Crippen LogP contribution in [0.5, 0.6) is 0 Å². The quantitative estimate of drug-likeness (QED) is 0.875. The van der Waals surface area contributed by atoms with E-state index in [0.717, 1.165) is 35.7 Å². The van der Waals surface area contributed by atoms with Crippen LogP contribution in [0, 0.1) is 6.92 Å². The van der Waals surface area contributed by atoms with Crippen LogP contribution in [-0.4, -0.2) is 31.9 Å². The molecule has 2 aromatic rings. The summed E-state index contributed by atoms with van der Waals surface area (Å²) in [5.41, 5.74) is 1.66. The molecule has 0 radical (unpaired) electrons. The zero-order valence-corrected chi connectivity index (χ0v) is 12.9. The zero-order chi connectivity index (χ0) is 14.9. The molecule has 1 atom stereocenters. The van der Waals surface area contributed by atoms with Gasteiger partial charge in [-0.1, -0.05) is 18.2 Å². The van der Waals surface area contributed by atoms with Gasteiger partial charge in [0.25, 0.3) is 0 Å². The number of hydrogen-bond donors (Lipinski definition) is 0. The first-order chi connectivity index (χ1) is 10.1. The minimum absolute atomic E-state index is 0.0256. The van der Waals surface area contributed by atoms with Crippen molar-refractivity contribution < 1.29 is 13.2 Å². The van der Waals surface area contributed by atoms with Gasteiger partial charge in [-0.25, -0.2) is 13.4 Å². The molecule has 0 aliphatic carbocycles. The number of rotatable bonds is 3. The highest BCUT2D eigenvalue weighted by Gasteiger charge is 2.25. The third-order valence-corrected chi connectivity index (χ3v) is 5.55. The highest BCUT2D eigenvalue weighted by Crippen LogP contribution is 2.22. The highest BCUT2D eigenvalue weighted by molar-refractivity contribution is 7.91. The van der Waals surface area contributed by atoms with Crippen molar-refractivity contribution in [1.29, 1.82) is 0 Å². The summed E-state index contributed by atoms with van der Waals surface area (Å²) in [5, 5.41) is 1.15. The number of hydrogen-bond acceptors (Lipinski definition) is 4. The Kier molecular flexibility index (Phi) is 3.95. The number of sulfone groups is 1. The summed E-state index contributed by atoms with van der Waals surface area (Å²) in [6.07, 6.45) is 2.66. The van der Waals surface area contributed by atoms with E-state index in [2.05, 4.69) is 4.98 Å². The van der Waals surface area contributed by atoms with E-state index < -0.39 is 9.84 Å². The second-order valence-corrected chi connectivity index (χ2v) is 7.55. The van der Waals surface area contributed by atoms with Crippen LogP contribution in [-0.2, 0) is 14.6 Å². The van der Waals surface area contributed by atoms with Gasteiger partial charge in [0, 0.05) is 12.0 Å². The maximum Gasteiger partial charge on any atom is 0.198 e. The van der Waals surface area contributed by atoms with Crippen LogP contribution in [0.25, 0.3) is 10.9 Å². The summed E-state index contributed by atoms with van der Waals surface area (Å²) in [6.45, 7) is 2.57. The van der Waals surface area contributed by atoms with E-state index in [1.165, 1.54) is 0 Å². The zero-order valence-electron chi connectivity index (χ0n) is 12.1. The Morgan fingerprint density at radius 2 is 2.10 bits per heavy atom. The molecular formula is C16H19NO3S. The van der Waals surface area contributed by atoms with Crippen molar-refractivity contribution in [2.45, 2.75) is 37.3 Å². The third-order valence-electron chi connectivity index (χ3n) is 3.90. The molecule has 0 spiro atoms. The van der Waals surface area contributed by atoms with Gasteiger partial charge in [-0.05, 0) is 43.9 Å². The van der Waals surface area contributed by atoms with Crippen LogP contribution < -0.4 is 0 Å². The first-order valence-corrected chi connectivity index (χ1v) is 8.92. The van der Waals surface area contributed by atoms with Gasteiger partial charge in [0.2, 0.25) is 0 Å². The third kappa shape index (κ3) is 3.09. The minimum Gasteiger partial charge on any atom is -0.377 e. The van der Waals surface area contributed by atoms with E-state index in [9.17, 15) is 8.42 Å². The van der Waals surface area contributed by atoms with Crippen molar-refractivity contribution in [3.8, 4) is 0 Å². The second-order valence-electron chi connectivity index (χ2n) is 5.56. The fourth-order valence-corrected chi connectivity index (χ4v) is 4.26. The summed E-state index contributed by atoms with van der Waals surface area (Å²) in [7, 11) is -3.41. The topological polar surface area (TPSA) is 56.3 Å². The molecule has 4 nitrogen and oxygen atoms in total. The number of pyridine rings is 1. The predicted molar refractivity (Wildman–Crippen MR) is 82.1 cm³/mol. The number of para-hydroxylation sites is 1. The van der Waals surface area contributed by atoms with Crippen LogP contribution in [0.15, 0.2) is 35.4 Å². The first-order valence-electron chi connectivity index (χ1n) is 7.27. The van der Waals surface area contributed by atoms with Crippen molar-refractivity contribution in [2.75, 3.05) is 12.4 Å². The summed E-state index contributed by atoms with van der Waals surface area (Å²) in [4.78, 5) is 4.33. The van der Waals surface area contributed by atoms with E-state index in [-0.39, 0.29) is 16.9 Å². The molecule has 1 saturated heterocycles. The van der Waals surface area contributed by atoms with Gasteiger partial charge >= 0.3 is 0 Å². The lowest BCUT2D eigenvalue weighted by Crippen LogP contribution is -2.28. The average molecular weight is 305 g/mol. The monoisotopic (exact) mass is 305 g/mol. The Morgan fingerprint density at radius 1 is 1.29 bits per heavy atom. The van der Waals surface area contributed by atoms with Gasteiger partial charge in [0.1, 0.15) is 0 Å². The fraction of sp³-hybridized carbons (Fsp3) is 0.438. The number of aromatic nitrogens is 1. The largest absolute Gasteiger partial charge is 0.377 e. The lowest BCUT2D eigenvalue weighted by atomic mass is 10.1.